The van der Waals surface area contributed by atoms with Gasteiger partial charge in [0.15, 0.2) is 5.78 Å². The lowest BCUT2D eigenvalue weighted by atomic mass is 10.1. The molecular weight excluding hydrogens is 210 g/mol. The van der Waals surface area contributed by atoms with Gasteiger partial charge in [-0.2, -0.15) is 0 Å². The van der Waals surface area contributed by atoms with E-state index in [-0.39, 0.29) is 5.78 Å². The van der Waals surface area contributed by atoms with Crippen LogP contribution < -0.4 is 10.4 Å². The minimum atomic E-state index is 0.227. The monoisotopic (exact) mass is 219 g/mol. The van der Waals surface area contributed by atoms with Crippen LogP contribution in [0.2, 0.25) is 0 Å². The highest BCUT2D eigenvalue weighted by Crippen LogP contribution is 2.25. The van der Waals surface area contributed by atoms with Crippen LogP contribution in [0.3, 0.4) is 0 Å². The molecule has 0 N–H and O–H groups in total. The molecule has 2 aliphatic rings. The van der Waals surface area contributed by atoms with Gasteiger partial charge in [0.2, 0.25) is 0 Å². The summed E-state index contributed by atoms with van der Waals surface area (Å²) in [6, 6.07) is 8.05. The third-order valence-electron chi connectivity index (χ3n) is 3.46. The molecular formula is C15H9NO. The van der Waals surface area contributed by atoms with E-state index in [9.17, 15) is 4.79 Å². The average Bonchev–Trinajstić information content (AvgIpc) is 2.90. The summed E-state index contributed by atoms with van der Waals surface area (Å²) in [5, 5.41) is 3.26. The van der Waals surface area contributed by atoms with E-state index in [0.717, 1.165) is 32.5 Å². The minimum absolute atomic E-state index is 0.227. The summed E-state index contributed by atoms with van der Waals surface area (Å²) in [5.74, 6) is 0.227. The molecule has 0 saturated heterocycles. The fraction of sp³-hybridized carbons (Fsp3) is 0.0667. The Morgan fingerprint density at radius 2 is 2.12 bits per heavy atom. The van der Waals surface area contributed by atoms with E-state index in [0.29, 0.717) is 6.42 Å². The van der Waals surface area contributed by atoms with Gasteiger partial charge in [-0.15, -0.1) is 0 Å². The van der Waals surface area contributed by atoms with Crippen LogP contribution in [0.4, 0.5) is 0 Å². The van der Waals surface area contributed by atoms with Crippen LogP contribution in [0.1, 0.15) is 6.42 Å². The van der Waals surface area contributed by atoms with Gasteiger partial charge in [-0.1, -0.05) is 24.3 Å². The molecule has 0 aliphatic heterocycles. The predicted octanol–water partition coefficient (Wildman–Crippen LogP) is 1.08. The largest absolute Gasteiger partial charge is 0.294 e. The highest BCUT2D eigenvalue weighted by atomic mass is 16.1. The van der Waals surface area contributed by atoms with Crippen LogP contribution in [0.5, 0.6) is 0 Å². The summed E-state index contributed by atoms with van der Waals surface area (Å²) in [5.41, 5.74) is 2.94. The van der Waals surface area contributed by atoms with Gasteiger partial charge in [0.25, 0.3) is 0 Å². The van der Waals surface area contributed by atoms with Gasteiger partial charge in [-0.05, 0) is 22.9 Å². The Labute approximate surface area is 97.6 Å². The van der Waals surface area contributed by atoms with Crippen molar-refractivity contribution in [3.8, 4) is 0 Å². The molecule has 0 bridgehead atoms. The first-order valence-corrected chi connectivity index (χ1v) is 5.68. The number of benzene rings is 1. The Bertz CT molecular complexity index is 828. The lowest BCUT2D eigenvalue weighted by Gasteiger charge is -1.97. The van der Waals surface area contributed by atoms with Crippen molar-refractivity contribution in [1.82, 2.24) is 4.98 Å². The highest BCUT2D eigenvalue weighted by molar-refractivity contribution is 6.27. The van der Waals surface area contributed by atoms with Crippen LogP contribution in [-0.4, -0.2) is 10.8 Å². The van der Waals surface area contributed by atoms with Crippen LogP contribution in [0.15, 0.2) is 42.1 Å². The van der Waals surface area contributed by atoms with Crippen LogP contribution in [0, 0.1) is 0 Å². The summed E-state index contributed by atoms with van der Waals surface area (Å²) < 4.78 is 0. The number of rotatable bonds is 0. The predicted molar refractivity (Wildman–Crippen MR) is 66.6 cm³/mol. The maximum atomic E-state index is 11.8. The summed E-state index contributed by atoms with van der Waals surface area (Å²) in [6.07, 6.45) is 6.43. The minimum Gasteiger partial charge on any atom is -0.294 e. The van der Waals surface area contributed by atoms with E-state index in [4.69, 9.17) is 0 Å². The molecule has 2 nitrogen and oxygen atoms in total. The zero-order valence-electron chi connectivity index (χ0n) is 9.10. The quantitative estimate of drug-likeness (QED) is 0.663. The van der Waals surface area contributed by atoms with Gasteiger partial charge < -0.3 is 0 Å². The molecule has 4 rings (SSSR count). The molecule has 2 aromatic rings. The molecule has 0 fully saturated rings. The zero-order chi connectivity index (χ0) is 11.4. The van der Waals surface area contributed by atoms with Crippen molar-refractivity contribution in [2.75, 3.05) is 0 Å². The Morgan fingerprint density at radius 3 is 3.06 bits per heavy atom. The highest BCUT2D eigenvalue weighted by Gasteiger charge is 2.23. The number of fused-ring (bicyclic) bond motifs is 4. The fourth-order valence-electron chi connectivity index (χ4n) is 2.69. The molecule has 1 aromatic heterocycles. The SMILES string of the molecule is O=C1CC=C2C=c3c(ccc4cccnc34)=C12. The third-order valence-corrected chi connectivity index (χ3v) is 3.46. The molecule has 17 heavy (non-hydrogen) atoms. The Morgan fingerprint density at radius 1 is 1.18 bits per heavy atom. The molecule has 2 heteroatoms. The van der Waals surface area contributed by atoms with E-state index < -0.39 is 0 Å². The van der Waals surface area contributed by atoms with Crippen LogP contribution in [0.25, 0.3) is 22.6 Å². The molecule has 2 aliphatic carbocycles. The van der Waals surface area contributed by atoms with Crippen LogP contribution in [-0.2, 0) is 4.79 Å². The Balaban J connectivity index is 2.30. The van der Waals surface area contributed by atoms with Crippen molar-refractivity contribution < 1.29 is 4.79 Å². The maximum Gasteiger partial charge on any atom is 0.167 e. The lowest BCUT2D eigenvalue weighted by molar-refractivity contribution is -0.112. The molecule has 0 saturated carbocycles. The number of carbonyl (C=O) groups excluding carboxylic acids is 1. The summed E-state index contributed by atoms with van der Waals surface area (Å²) in [6.45, 7) is 0. The number of aromatic nitrogens is 1. The number of allylic oxidation sites excluding steroid dienone is 2. The second-order valence-corrected chi connectivity index (χ2v) is 4.41. The lowest BCUT2D eigenvalue weighted by Crippen LogP contribution is -2.25. The zero-order valence-corrected chi connectivity index (χ0v) is 9.10. The van der Waals surface area contributed by atoms with Crippen molar-refractivity contribution in [2.45, 2.75) is 6.42 Å². The van der Waals surface area contributed by atoms with Gasteiger partial charge in [0.05, 0.1) is 5.52 Å². The second-order valence-electron chi connectivity index (χ2n) is 4.41. The topological polar surface area (TPSA) is 30.0 Å². The molecule has 1 aromatic carbocycles. The smallest absolute Gasteiger partial charge is 0.167 e. The molecule has 0 atom stereocenters. The molecule has 0 amide bonds. The number of pyridine rings is 1. The maximum absolute atomic E-state index is 11.8. The molecule has 0 unspecified atom stereocenters. The summed E-state index contributed by atoms with van der Waals surface area (Å²) in [4.78, 5) is 16.2. The van der Waals surface area contributed by atoms with Crippen molar-refractivity contribution in [3.63, 3.8) is 0 Å². The summed E-state index contributed by atoms with van der Waals surface area (Å²) in [7, 11) is 0. The van der Waals surface area contributed by atoms with E-state index >= 15 is 0 Å². The number of carbonyl (C=O) groups is 1. The average molecular weight is 219 g/mol. The van der Waals surface area contributed by atoms with Gasteiger partial charge >= 0.3 is 0 Å². The van der Waals surface area contributed by atoms with E-state index in [2.05, 4.69) is 11.1 Å². The first kappa shape index (κ1) is 8.88. The van der Waals surface area contributed by atoms with Crippen molar-refractivity contribution in [2.24, 2.45) is 0 Å². The van der Waals surface area contributed by atoms with Gasteiger partial charge in [0, 0.05) is 28.8 Å². The third kappa shape index (κ3) is 1.04. The Kier molecular flexibility index (Phi) is 1.52. The van der Waals surface area contributed by atoms with Gasteiger partial charge in [0.1, 0.15) is 0 Å². The molecule has 80 valence electrons. The van der Waals surface area contributed by atoms with Crippen LogP contribution >= 0.6 is 0 Å². The van der Waals surface area contributed by atoms with E-state index in [1.54, 1.807) is 6.20 Å². The normalized spacial score (nSPS) is 16.8. The van der Waals surface area contributed by atoms with E-state index in [1.807, 2.05) is 30.3 Å². The van der Waals surface area contributed by atoms with Crippen molar-refractivity contribution in [1.29, 1.82) is 0 Å². The number of hydrogen-bond donors (Lipinski definition) is 0. The molecule has 0 radical (unpaired) electrons. The standard InChI is InChI=1S/C15H9NO/c17-13-6-4-10-8-12-11(14(10)13)5-3-9-2-1-7-16-15(9)12/h1-5,7-8H,6H2. The molecule has 0 spiro atoms. The van der Waals surface area contributed by atoms with Crippen molar-refractivity contribution >= 4 is 28.3 Å². The number of nitrogens with zero attached hydrogens (tertiary/aromatic N) is 1. The first-order chi connectivity index (χ1) is 8.34. The number of Topliss-reactive ketones (excluding diaryl/α,β-unsaturated/α-hetero) is 1. The van der Waals surface area contributed by atoms with Crippen molar-refractivity contribution in [3.05, 3.63) is 52.5 Å². The molecule has 1 heterocycles. The Hall–Kier alpha value is -2.22. The number of ketones is 1. The number of hydrogen-bond acceptors (Lipinski definition) is 2. The van der Waals surface area contributed by atoms with E-state index in [1.165, 1.54) is 0 Å². The first-order valence-electron chi connectivity index (χ1n) is 5.68. The fourth-order valence-corrected chi connectivity index (χ4v) is 2.69. The van der Waals surface area contributed by atoms with Gasteiger partial charge in [-0.25, -0.2) is 0 Å². The summed E-state index contributed by atoms with van der Waals surface area (Å²) >= 11 is 0. The second kappa shape index (κ2) is 2.92. The van der Waals surface area contributed by atoms with Gasteiger partial charge in [-0.3, -0.25) is 9.78 Å².